The number of nitrogens with one attached hydrogen (secondary N) is 2. The fraction of sp³-hybridized carbons (Fsp3) is 0.444. The molecule has 0 spiro atoms. The summed E-state index contributed by atoms with van der Waals surface area (Å²) in [5.74, 6) is 2.27. The number of methoxy groups -OCH3 is 2. The molecule has 2 rings (SSSR count). The van der Waals surface area contributed by atoms with Crippen LogP contribution >= 0.6 is 0 Å². The summed E-state index contributed by atoms with van der Waals surface area (Å²) in [6, 6.07) is 5.96. The van der Waals surface area contributed by atoms with Gasteiger partial charge in [0.15, 0.2) is 17.5 Å². The molecule has 7 heteroatoms. The molecule has 2 N–H and O–H groups in total. The van der Waals surface area contributed by atoms with E-state index in [2.05, 4.69) is 20.7 Å². The largest absolute Gasteiger partial charge is 0.493 e. The standard InChI is InChI=1S/C18H27N5O2/c1-14-12-22-23(13-14)10-9-21-18(19-2)20-8-7-15-5-6-16(24-3)17(11-15)25-4/h5-6,11-13H,7-10H2,1-4H3,(H2,19,20,21). The minimum atomic E-state index is 0.741. The van der Waals surface area contributed by atoms with E-state index in [-0.39, 0.29) is 0 Å². The number of rotatable bonds is 8. The Hall–Kier alpha value is -2.70. The molecule has 0 fully saturated rings. The zero-order chi connectivity index (χ0) is 18.1. The molecule has 25 heavy (non-hydrogen) atoms. The highest BCUT2D eigenvalue weighted by molar-refractivity contribution is 5.79. The van der Waals surface area contributed by atoms with Crippen molar-refractivity contribution in [3.8, 4) is 11.5 Å². The highest BCUT2D eigenvalue weighted by Gasteiger charge is 2.05. The van der Waals surface area contributed by atoms with Gasteiger partial charge in [0.2, 0.25) is 0 Å². The van der Waals surface area contributed by atoms with Gasteiger partial charge in [-0.05, 0) is 36.6 Å². The lowest BCUT2D eigenvalue weighted by Gasteiger charge is -2.13. The molecule has 0 bridgehead atoms. The van der Waals surface area contributed by atoms with Crippen LogP contribution in [-0.2, 0) is 13.0 Å². The summed E-state index contributed by atoms with van der Waals surface area (Å²) in [4.78, 5) is 4.24. The average Bonchev–Trinajstić information content (AvgIpc) is 3.05. The van der Waals surface area contributed by atoms with Gasteiger partial charge in [0.05, 0.1) is 27.0 Å². The van der Waals surface area contributed by atoms with Crippen LogP contribution in [0.1, 0.15) is 11.1 Å². The zero-order valence-electron chi connectivity index (χ0n) is 15.4. The number of hydrogen-bond acceptors (Lipinski definition) is 4. The minimum Gasteiger partial charge on any atom is -0.493 e. The summed E-state index contributed by atoms with van der Waals surface area (Å²) in [6.07, 6.45) is 4.74. The van der Waals surface area contributed by atoms with Crippen LogP contribution in [0, 0.1) is 6.92 Å². The van der Waals surface area contributed by atoms with Gasteiger partial charge in [0.1, 0.15) is 0 Å². The first-order valence-electron chi connectivity index (χ1n) is 8.30. The third-order valence-electron chi connectivity index (χ3n) is 3.77. The van der Waals surface area contributed by atoms with Gasteiger partial charge in [-0.25, -0.2) is 0 Å². The fourth-order valence-corrected chi connectivity index (χ4v) is 2.46. The fourth-order valence-electron chi connectivity index (χ4n) is 2.46. The minimum absolute atomic E-state index is 0.741. The van der Waals surface area contributed by atoms with Gasteiger partial charge in [-0.15, -0.1) is 0 Å². The Labute approximate surface area is 149 Å². The van der Waals surface area contributed by atoms with E-state index in [9.17, 15) is 0 Å². The van der Waals surface area contributed by atoms with Crippen LogP contribution in [0.3, 0.4) is 0 Å². The Balaban J connectivity index is 1.75. The lowest BCUT2D eigenvalue weighted by Crippen LogP contribution is -2.39. The molecule has 0 atom stereocenters. The molecule has 0 aliphatic rings. The molecule has 0 amide bonds. The smallest absolute Gasteiger partial charge is 0.191 e. The summed E-state index contributed by atoms with van der Waals surface area (Å²) < 4.78 is 12.5. The number of aliphatic imine (C=N–C) groups is 1. The summed E-state index contributed by atoms with van der Waals surface area (Å²) in [5, 5.41) is 10.9. The summed E-state index contributed by atoms with van der Waals surface area (Å²) in [6.45, 7) is 4.36. The van der Waals surface area contributed by atoms with E-state index < -0.39 is 0 Å². The molecule has 136 valence electrons. The van der Waals surface area contributed by atoms with Crippen molar-refractivity contribution in [1.82, 2.24) is 20.4 Å². The van der Waals surface area contributed by atoms with Crippen LogP contribution in [0.25, 0.3) is 0 Å². The SMILES string of the molecule is CN=C(NCCc1ccc(OC)c(OC)c1)NCCn1cc(C)cn1. The topological polar surface area (TPSA) is 72.7 Å². The van der Waals surface area contributed by atoms with Crippen molar-refractivity contribution < 1.29 is 9.47 Å². The Bertz CT molecular complexity index is 697. The number of aryl methyl sites for hydroxylation is 1. The van der Waals surface area contributed by atoms with Gasteiger partial charge in [0, 0.05) is 26.3 Å². The van der Waals surface area contributed by atoms with E-state index in [0.29, 0.717) is 0 Å². The molecule has 1 heterocycles. The Morgan fingerprint density at radius 2 is 1.92 bits per heavy atom. The summed E-state index contributed by atoms with van der Waals surface area (Å²) in [7, 11) is 5.05. The van der Waals surface area contributed by atoms with Crippen molar-refractivity contribution in [2.24, 2.45) is 4.99 Å². The highest BCUT2D eigenvalue weighted by Crippen LogP contribution is 2.27. The second-order valence-corrected chi connectivity index (χ2v) is 5.65. The van der Waals surface area contributed by atoms with Gasteiger partial charge in [-0.2, -0.15) is 5.10 Å². The molecule has 1 aromatic heterocycles. The first-order valence-corrected chi connectivity index (χ1v) is 8.30. The Morgan fingerprint density at radius 3 is 2.56 bits per heavy atom. The number of aromatic nitrogens is 2. The van der Waals surface area contributed by atoms with E-state index in [1.165, 1.54) is 5.56 Å². The predicted molar refractivity (Wildman–Crippen MR) is 99.6 cm³/mol. The molecule has 0 radical (unpaired) electrons. The van der Waals surface area contributed by atoms with Crippen molar-refractivity contribution in [2.75, 3.05) is 34.4 Å². The van der Waals surface area contributed by atoms with Crippen LogP contribution in [-0.4, -0.2) is 50.1 Å². The van der Waals surface area contributed by atoms with E-state index in [1.807, 2.05) is 42.2 Å². The van der Waals surface area contributed by atoms with Gasteiger partial charge < -0.3 is 20.1 Å². The Kier molecular flexibility index (Phi) is 7.13. The highest BCUT2D eigenvalue weighted by atomic mass is 16.5. The lowest BCUT2D eigenvalue weighted by molar-refractivity contribution is 0.354. The van der Waals surface area contributed by atoms with Crippen LogP contribution in [0.5, 0.6) is 11.5 Å². The van der Waals surface area contributed by atoms with Crippen molar-refractivity contribution >= 4 is 5.96 Å². The van der Waals surface area contributed by atoms with Crippen molar-refractivity contribution in [3.05, 3.63) is 41.7 Å². The molecule has 1 aromatic carbocycles. The maximum atomic E-state index is 5.33. The zero-order valence-corrected chi connectivity index (χ0v) is 15.4. The van der Waals surface area contributed by atoms with Crippen LogP contribution in [0.4, 0.5) is 0 Å². The molecular formula is C18H27N5O2. The number of benzene rings is 1. The van der Waals surface area contributed by atoms with E-state index in [1.54, 1.807) is 21.3 Å². The van der Waals surface area contributed by atoms with E-state index in [4.69, 9.17) is 9.47 Å². The number of ether oxygens (including phenoxy) is 2. The second kappa shape index (κ2) is 9.56. The maximum Gasteiger partial charge on any atom is 0.191 e. The quantitative estimate of drug-likeness (QED) is 0.562. The Morgan fingerprint density at radius 1 is 1.16 bits per heavy atom. The third-order valence-corrected chi connectivity index (χ3v) is 3.77. The summed E-state index contributed by atoms with van der Waals surface area (Å²) >= 11 is 0. The van der Waals surface area contributed by atoms with Gasteiger partial charge in [-0.3, -0.25) is 9.67 Å². The number of guanidine groups is 1. The molecule has 0 saturated heterocycles. The van der Waals surface area contributed by atoms with Gasteiger partial charge in [-0.1, -0.05) is 6.07 Å². The third kappa shape index (κ3) is 5.70. The molecule has 0 aliphatic carbocycles. The normalized spacial score (nSPS) is 11.3. The first kappa shape index (κ1) is 18.6. The molecule has 7 nitrogen and oxygen atoms in total. The van der Waals surface area contributed by atoms with Crippen molar-refractivity contribution in [2.45, 2.75) is 19.9 Å². The lowest BCUT2D eigenvalue weighted by atomic mass is 10.1. The molecule has 0 unspecified atom stereocenters. The summed E-state index contributed by atoms with van der Waals surface area (Å²) in [5.41, 5.74) is 2.34. The van der Waals surface area contributed by atoms with Crippen molar-refractivity contribution in [1.29, 1.82) is 0 Å². The van der Waals surface area contributed by atoms with E-state index in [0.717, 1.165) is 49.1 Å². The monoisotopic (exact) mass is 345 g/mol. The molecule has 2 aromatic rings. The average molecular weight is 345 g/mol. The maximum absolute atomic E-state index is 5.33. The van der Waals surface area contributed by atoms with Crippen LogP contribution in [0.2, 0.25) is 0 Å². The molecular weight excluding hydrogens is 318 g/mol. The predicted octanol–water partition coefficient (Wildman–Crippen LogP) is 1.62. The number of nitrogens with zero attached hydrogens (tertiary/aromatic N) is 3. The second-order valence-electron chi connectivity index (χ2n) is 5.65. The van der Waals surface area contributed by atoms with E-state index >= 15 is 0 Å². The first-order chi connectivity index (χ1) is 12.2. The van der Waals surface area contributed by atoms with Crippen LogP contribution in [0.15, 0.2) is 35.6 Å². The van der Waals surface area contributed by atoms with Gasteiger partial charge in [0.25, 0.3) is 0 Å². The molecule has 0 saturated carbocycles. The molecule has 0 aliphatic heterocycles. The number of hydrogen-bond donors (Lipinski definition) is 2. The van der Waals surface area contributed by atoms with Crippen molar-refractivity contribution in [3.63, 3.8) is 0 Å². The van der Waals surface area contributed by atoms with Crippen LogP contribution < -0.4 is 20.1 Å². The van der Waals surface area contributed by atoms with Gasteiger partial charge >= 0.3 is 0 Å².